The molecule has 220 valence electrons. The van der Waals surface area contributed by atoms with Gasteiger partial charge < -0.3 is 29.9 Å². The van der Waals surface area contributed by atoms with Crippen LogP contribution in [0.1, 0.15) is 54.4 Å². The van der Waals surface area contributed by atoms with Crippen molar-refractivity contribution in [3.8, 4) is 11.3 Å². The van der Waals surface area contributed by atoms with E-state index >= 15 is 0 Å². The number of hydrogen-bond acceptors (Lipinski definition) is 8. The maximum Gasteiger partial charge on any atom is 0.410 e. The highest BCUT2D eigenvalue weighted by Crippen LogP contribution is 2.35. The fourth-order valence-corrected chi connectivity index (χ4v) is 5.89. The van der Waals surface area contributed by atoms with E-state index in [2.05, 4.69) is 57.3 Å². The zero-order valence-electron chi connectivity index (χ0n) is 24.8. The molecular formula is C31H41N5O4S. The van der Waals surface area contributed by atoms with Gasteiger partial charge in [0, 0.05) is 49.5 Å². The van der Waals surface area contributed by atoms with Gasteiger partial charge in [0.1, 0.15) is 11.2 Å². The number of rotatable bonds is 5. The molecule has 2 aromatic heterocycles. The van der Waals surface area contributed by atoms with Gasteiger partial charge in [0.05, 0.1) is 21.6 Å². The summed E-state index contributed by atoms with van der Waals surface area (Å²) in [5, 5.41) is 8.72. The molecule has 1 saturated carbocycles. The van der Waals surface area contributed by atoms with Gasteiger partial charge in [-0.15, -0.1) is 11.3 Å². The van der Waals surface area contributed by atoms with Gasteiger partial charge in [0.25, 0.3) is 0 Å². The molecule has 10 heteroatoms. The number of carbonyl (C=O) groups excluding carboxylic acids is 2. The van der Waals surface area contributed by atoms with Crippen LogP contribution >= 0.6 is 11.3 Å². The van der Waals surface area contributed by atoms with Gasteiger partial charge in [-0.1, -0.05) is 12.1 Å². The molecule has 1 aliphatic carbocycles. The number of nitrogens with zero attached hydrogens (tertiary/aromatic N) is 3. The molecule has 0 atom stereocenters. The zero-order chi connectivity index (χ0) is 29.4. The number of aromatic nitrogens is 1. The number of thiophene rings is 1. The fourth-order valence-electron chi connectivity index (χ4n) is 5.08. The van der Waals surface area contributed by atoms with E-state index in [1.807, 2.05) is 41.5 Å². The molecule has 9 nitrogen and oxygen atoms in total. The number of fused-ring (bicyclic) bond motifs is 1. The summed E-state index contributed by atoms with van der Waals surface area (Å²) in [6, 6.07) is 13.1. The summed E-state index contributed by atoms with van der Waals surface area (Å²) in [5.74, 6) is 0. The minimum Gasteiger partial charge on any atom is -0.444 e. The van der Waals surface area contributed by atoms with Crippen LogP contribution in [0.15, 0.2) is 41.8 Å². The van der Waals surface area contributed by atoms with E-state index in [9.17, 15) is 9.59 Å². The lowest BCUT2D eigenvalue weighted by Crippen LogP contribution is -2.50. The van der Waals surface area contributed by atoms with Gasteiger partial charge >= 0.3 is 12.2 Å². The van der Waals surface area contributed by atoms with Crippen molar-refractivity contribution in [3.05, 3.63) is 41.8 Å². The first-order valence-corrected chi connectivity index (χ1v) is 15.2. The summed E-state index contributed by atoms with van der Waals surface area (Å²) < 4.78 is 12.0. The maximum atomic E-state index is 12.4. The fraction of sp³-hybridized carbons (Fsp3) is 0.516. The molecule has 2 amide bonds. The SMILES string of the molecule is CC(C)(C)OC(=O)N[C@H]1C[C@H](Nc2cc(-c3ccc(N4CCN(C(=O)OC(C)(C)C)CC4)cc3)nc3ccsc23)C1. The maximum absolute atomic E-state index is 12.4. The molecule has 0 spiro atoms. The number of pyridine rings is 1. The van der Waals surface area contributed by atoms with E-state index in [4.69, 9.17) is 14.5 Å². The van der Waals surface area contributed by atoms with Gasteiger partial charge in [-0.2, -0.15) is 0 Å². The highest BCUT2D eigenvalue weighted by molar-refractivity contribution is 7.17. The van der Waals surface area contributed by atoms with Crippen molar-refractivity contribution < 1.29 is 19.1 Å². The van der Waals surface area contributed by atoms with Gasteiger partial charge in [0.2, 0.25) is 0 Å². The first kappa shape index (κ1) is 29.0. The summed E-state index contributed by atoms with van der Waals surface area (Å²) in [5.41, 5.74) is 4.16. The third kappa shape index (κ3) is 7.41. The number of hydrogen-bond donors (Lipinski definition) is 2. The second-order valence-corrected chi connectivity index (χ2v) is 13.8. The van der Waals surface area contributed by atoms with Crippen LogP contribution in [0, 0.1) is 0 Å². The second-order valence-electron chi connectivity index (χ2n) is 12.8. The average molecular weight is 580 g/mol. The number of piperazine rings is 1. The van der Waals surface area contributed by atoms with Crippen molar-refractivity contribution in [2.45, 2.75) is 77.7 Å². The second kappa shape index (κ2) is 11.4. The third-order valence-corrected chi connectivity index (χ3v) is 8.03. The summed E-state index contributed by atoms with van der Waals surface area (Å²) in [6.45, 7) is 14.1. The molecule has 0 unspecified atom stereocenters. The van der Waals surface area contributed by atoms with Gasteiger partial charge in [-0.25, -0.2) is 14.6 Å². The van der Waals surface area contributed by atoms with Crippen LogP contribution in [0.3, 0.4) is 0 Å². The van der Waals surface area contributed by atoms with Crippen LogP contribution in [-0.2, 0) is 9.47 Å². The van der Waals surface area contributed by atoms with Crippen LogP contribution in [-0.4, -0.2) is 71.5 Å². The molecule has 41 heavy (non-hydrogen) atoms. The molecule has 0 radical (unpaired) electrons. The van der Waals surface area contributed by atoms with Gasteiger partial charge in [0.15, 0.2) is 0 Å². The lowest BCUT2D eigenvalue weighted by molar-refractivity contribution is 0.0240. The minimum absolute atomic E-state index is 0.112. The Morgan fingerprint density at radius 1 is 0.902 bits per heavy atom. The van der Waals surface area contributed by atoms with Crippen molar-refractivity contribution in [1.82, 2.24) is 15.2 Å². The number of benzene rings is 1. The number of amides is 2. The summed E-state index contributed by atoms with van der Waals surface area (Å²) >= 11 is 1.68. The molecule has 2 aliphatic rings. The lowest BCUT2D eigenvalue weighted by Gasteiger charge is -2.37. The number of carbonyl (C=O) groups is 2. The first-order chi connectivity index (χ1) is 19.3. The van der Waals surface area contributed by atoms with Crippen molar-refractivity contribution in [2.75, 3.05) is 36.4 Å². The van der Waals surface area contributed by atoms with Gasteiger partial charge in [-0.3, -0.25) is 0 Å². The van der Waals surface area contributed by atoms with E-state index < -0.39 is 11.2 Å². The Bertz CT molecular complexity index is 1380. The largest absolute Gasteiger partial charge is 0.444 e. The Morgan fingerprint density at radius 2 is 1.56 bits per heavy atom. The van der Waals surface area contributed by atoms with Crippen LogP contribution in [0.4, 0.5) is 21.0 Å². The predicted octanol–water partition coefficient (Wildman–Crippen LogP) is 6.49. The summed E-state index contributed by atoms with van der Waals surface area (Å²) in [4.78, 5) is 33.5. The number of anilines is 2. The van der Waals surface area contributed by atoms with Crippen LogP contribution in [0.5, 0.6) is 0 Å². The molecule has 5 rings (SSSR count). The molecular weight excluding hydrogens is 538 g/mol. The van der Waals surface area contributed by atoms with E-state index in [0.717, 1.165) is 58.8 Å². The molecule has 2 fully saturated rings. The quantitative estimate of drug-likeness (QED) is 0.357. The molecule has 1 aliphatic heterocycles. The van der Waals surface area contributed by atoms with E-state index in [0.29, 0.717) is 13.1 Å². The highest BCUT2D eigenvalue weighted by atomic mass is 32.1. The third-order valence-electron chi connectivity index (χ3n) is 7.09. The molecule has 3 aromatic rings. The molecule has 3 heterocycles. The summed E-state index contributed by atoms with van der Waals surface area (Å²) in [7, 11) is 0. The zero-order valence-corrected chi connectivity index (χ0v) is 25.6. The van der Waals surface area contributed by atoms with Gasteiger partial charge in [-0.05, 0) is 84.0 Å². The number of ether oxygens (including phenoxy) is 2. The van der Waals surface area contributed by atoms with E-state index in [1.54, 1.807) is 16.2 Å². The standard InChI is InChI=1S/C31H41N5O4S/c1-30(2,3)39-28(37)33-22-17-21(18-22)32-26-19-25(34-24-11-16-41-27(24)26)20-7-9-23(10-8-20)35-12-14-36(15-13-35)29(38)40-31(4,5)6/h7-11,16,19,21-22H,12-15,17-18H2,1-6H3,(H,32,34)(H,33,37)/t21-,22-. The van der Waals surface area contributed by atoms with Crippen molar-refractivity contribution in [2.24, 2.45) is 0 Å². The number of alkyl carbamates (subject to hydrolysis) is 1. The van der Waals surface area contributed by atoms with Crippen molar-refractivity contribution in [3.63, 3.8) is 0 Å². The Balaban J connectivity index is 1.20. The lowest BCUT2D eigenvalue weighted by atomic mass is 9.86. The monoisotopic (exact) mass is 579 g/mol. The van der Waals surface area contributed by atoms with Crippen molar-refractivity contribution in [1.29, 1.82) is 0 Å². The van der Waals surface area contributed by atoms with Crippen LogP contribution in [0.2, 0.25) is 0 Å². The predicted molar refractivity (Wildman–Crippen MR) is 165 cm³/mol. The van der Waals surface area contributed by atoms with Crippen LogP contribution in [0.25, 0.3) is 21.5 Å². The smallest absolute Gasteiger partial charge is 0.410 e. The normalized spacial score (nSPS) is 19.5. The minimum atomic E-state index is -0.501. The first-order valence-electron chi connectivity index (χ1n) is 14.3. The number of nitrogens with one attached hydrogen (secondary N) is 2. The Labute approximate surface area is 246 Å². The van der Waals surface area contributed by atoms with Crippen molar-refractivity contribution >= 4 is 45.1 Å². The Morgan fingerprint density at radius 3 is 2.20 bits per heavy atom. The average Bonchev–Trinajstić information content (AvgIpc) is 3.34. The highest BCUT2D eigenvalue weighted by Gasteiger charge is 2.32. The topological polar surface area (TPSA) is 96.0 Å². The summed E-state index contributed by atoms with van der Waals surface area (Å²) in [6.07, 6.45) is 1.09. The molecule has 1 saturated heterocycles. The van der Waals surface area contributed by atoms with E-state index in [-0.39, 0.29) is 24.3 Å². The Kier molecular flexibility index (Phi) is 8.05. The van der Waals surface area contributed by atoms with Crippen LogP contribution < -0.4 is 15.5 Å². The molecule has 0 bridgehead atoms. The van der Waals surface area contributed by atoms with E-state index in [1.165, 1.54) is 0 Å². The Hall–Kier alpha value is -3.53. The molecule has 1 aromatic carbocycles. The molecule has 2 N–H and O–H groups in total.